The summed E-state index contributed by atoms with van der Waals surface area (Å²) in [6.07, 6.45) is 6.84. The minimum absolute atomic E-state index is 0.0373. The molecule has 0 radical (unpaired) electrons. The topological polar surface area (TPSA) is 48.1 Å². The Morgan fingerprint density at radius 3 is 2.79 bits per heavy atom. The molecule has 1 fully saturated rings. The van der Waals surface area contributed by atoms with E-state index < -0.39 is 5.92 Å². The number of aromatic nitrogens is 1. The molecular weight excluding hydrogens is 310 g/mol. The van der Waals surface area contributed by atoms with Gasteiger partial charge in [-0.05, 0) is 49.1 Å². The Morgan fingerprint density at radius 2 is 2.04 bits per heavy atom. The fourth-order valence-corrected chi connectivity index (χ4v) is 3.17. The minimum atomic E-state index is -2.50. The van der Waals surface area contributed by atoms with Crippen molar-refractivity contribution < 1.29 is 13.5 Å². The first kappa shape index (κ1) is 16.7. The number of benzene rings is 1. The summed E-state index contributed by atoms with van der Waals surface area (Å²) in [7, 11) is 0. The van der Waals surface area contributed by atoms with Crippen LogP contribution in [0.25, 0.3) is 10.9 Å². The van der Waals surface area contributed by atoms with E-state index in [1.807, 2.05) is 30.3 Å². The van der Waals surface area contributed by atoms with Gasteiger partial charge in [0.25, 0.3) is 0 Å². The van der Waals surface area contributed by atoms with Crippen LogP contribution in [0.4, 0.5) is 8.78 Å². The number of hydrogen-bond donors (Lipinski definition) is 1. The Balaban J connectivity index is 1.73. The molecule has 128 valence electrons. The highest BCUT2D eigenvalue weighted by molar-refractivity contribution is 5.87. The predicted octanol–water partition coefficient (Wildman–Crippen LogP) is 4.45. The van der Waals surface area contributed by atoms with E-state index in [4.69, 9.17) is 10.5 Å². The molecule has 0 unspecified atom stereocenters. The van der Waals surface area contributed by atoms with Gasteiger partial charge in [-0.25, -0.2) is 8.78 Å². The SMILES string of the molecule is NC=CCc1ccc(OCC2CCC(F)(F)CC2)c2ncccc12. The quantitative estimate of drug-likeness (QED) is 0.880. The van der Waals surface area contributed by atoms with Crippen molar-refractivity contribution in [1.82, 2.24) is 4.98 Å². The second kappa shape index (κ2) is 7.16. The average molecular weight is 332 g/mol. The molecule has 1 saturated carbocycles. The molecule has 3 rings (SSSR count). The van der Waals surface area contributed by atoms with Crippen LogP contribution in [0.3, 0.4) is 0 Å². The molecule has 1 heterocycles. The highest BCUT2D eigenvalue weighted by atomic mass is 19.3. The van der Waals surface area contributed by atoms with Gasteiger partial charge in [0, 0.05) is 24.4 Å². The van der Waals surface area contributed by atoms with Crippen molar-refractivity contribution in [3.63, 3.8) is 0 Å². The summed E-state index contributed by atoms with van der Waals surface area (Å²) in [4.78, 5) is 4.44. The summed E-state index contributed by atoms with van der Waals surface area (Å²) >= 11 is 0. The lowest BCUT2D eigenvalue weighted by Gasteiger charge is -2.28. The third-order valence-corrected chi connectivity index (χ3v) is 4.61. The monoisotopic (exact) mass is 332 g/mol. The van der Waals surface area contributed by atoms with E-state index in [-0.39, 0.29) is 18.8 Å². The molecule has 2 aromatic rings. The summed E-state index contributed by atoms with van der Waals surface area (Å²) < 4.78 is 32.4. The number of rotatable bonds is 5. The third kappa shape index (κ3) is 3.83. The molecular formula is C19H22F2N2O. The number of halogens is 2. The Bertz CT molecular complexity index is 720. The number of nitrogens with two attached hydrogens (primary N) is 1. The highest BCUT2D eigenvalue weighted by Crippen LogP contribution is 2.36. The van der Waals surface area contributed by atoms with Crippen molar-refractivity contribution in [2.75, 3.05) is 6.61 Å². The van der Waals surface area contributed by atoms with Gasteiger partial charge in [-0.3, -0.25) is 4.98 Å². The summed E-state index contributed by atoms with van der Waals surface area (Å²) in [5.41, 5.74) is 7.36. The Labute approximate surface area is 140 Å². The maximum absolute atomic E-state index is 13.2. The molecule has 1 aromatic heterocycles. The molecule has 0 spiro atoms. The second-order valence-corrected chi connectivity index (χ2v) is 6.36. The lowest BCUT2D eigenvalue weighted by molar-refractivity contribution is -0.0498. The van der Waals surface area contributed by atoms with E-state index in [1.54, 1.807) is 6.20 Å². The van der Waals surface area contributed by atoms with Gasteiger partial charge in [-0.1, -0.05) is 18.2 Å². The number of pyridine rings is 1. The van der Waals surface area contributed by atoms with Crippen molar-refractivity contribution in [3.05, 3.63) is 48.3 Å². The van der Waals surface area contributed by atoms with Crippen molar-refractivity contribution in [2.45, 2.75) is 38.0 Å². The molecule has 0 saturated heterocycles. The van der Waals surface area contributed by atoms with Gasteiger partial charge >= 0.3 is 0 Å². The van der Waals surface area contributed by atoms with Crippen LogP contribution in [0, 0.1) is 5.92 Å². The van der Waals surface area contributed by atoms with Crippen molar-refractivity contribution >= 4 is 10.9 Å². The van der Waals surface area contributed by atoms with Crippen LogP contribution in [-0.4, -0.2) is 17.5 Å². The predicted molar refractivity (Wildman–Crippen MR) is 91.2 cm³/mol. The molecule has 1 aliphatic carbocycles. The van der Waals surface area contributed by atoms with Crippen LogP contribution in [0.15, 0.2) is 42.7 Å². The standard InChI is InChI=1S/C19H22F2N2O/c20-19(21)9-7-14(8-10-19)13-24-17-6-5-15(3-1-11-22)16-4-2-12-23-18(16)17/h1-2,4-6,11-12,14H,3,7-10,13,22H2. The van der Waals surface area contributed by atoms with Gasteiger partial charge in [0.2, 0.25) is 5.92 Å². The van der Waals surface area contributed by atoms with Crippen molar-refractivity contribution in [2.24, 2.45) is 11.7 Å². The first-order chi connectivity index (χ1) is 11.6. The summed E-state index contributed by atoms with van der Waals surface area (Å²) in [5.74, 6) is -1.60. The first-order valence-electron chi connectivity index (χ1n) is 8.33. The van der Waals surface area contributed by atoms with Crippen LogP contribution in [0.1, 0.15) is 31.2 Å². The molecule has 2 N–H and O–H groups in total. The zero-order chi connectivity index (χ0) is 17.0. The van der Waals surface area contributed by atoms with E-state index >= 15 is 0 Å². The smallest absolute Gasteiger partial charge is 0.248 e. The van der Waals surface area contributed by atoms with Gasteiger partial charge < -0.3 is 10.5 Å². The third-order valence-electron chi connectivity index (χ3n) is 4.61. The summed E-state index contributed by atoms with van der Waals surface area (Å²) in [6, 6.07) is 7.82. The Morgan fingerprint density at radius 1 is 1.25 bits per heavy atom. The van der Waals surface area contributed by atoms with E-state index in [0.29, 0.717) is 25.2 Å². The van der Waals surface area contributed by atoms with Crippen LogP contribution < -0.4 is 10.5 Å². The average Bonchev–Trinajstić information content (AvgIpc) is 2.59. The Kier molecular flexibility index (Phi) is 4.97. The van der Waals surface area contributed by atoms with Crippen LogP contribution >= 0.6 is 0 Å². The van der Waals surface area contributed by atoms with Gasteiger partial charge in [0.15, 0.2) is 0 Å². The maximum Gasteiger partial charge on any atom is 0.248 e. The first-order valence-corrected chi connectivity index (χ1v) is 8.33. The minimum Gasteiger partial charge on any atom is -0.491 e. The van der Waals surface area contributed by atoms with Gasteiger partial charge in [-0.2, -0.15) is 0 Å². The van der Waals surface area contributed by atoms with Crippen molar-refractivity contribution in [3.8, 4) is 5.75 Å². The summed E-state index contributed by atoms with van der Waals surface area (Å²) in [6.45, 7) is 0.462. The Hall–Kier alpha value is -2.17. The molecule has 1 aliphatic rings. The lowest BCUT2D eigenvalue weighted by Crippen LogP contribution is -2.27. The largest absolute Gasteiger partial charge is 0.491 e. The van der Waals surface area contributed by atoms with Crippen LogP contribution in [-0.2, 0) is 6.42 Å². The van der Waals surface area contributed by atoms with Crippen molar-refractivity contribution in [1.29, 1.82) is 0 Å². The van der Waals surface area contributed by atoms with Gasteiger partial charge in [0.1, 0.15) is 11.3 Å². The molecule has 3 nitrogen and oxygen atoms in total. The fourth-order valence-electron chi connectivity index (χ4n) is 3.17. The highest BCUT2D eigenvalue weighted by Gasteiger charge is 2.35. The van der Waals surface area contributed by atoms with Crippen LogP contribution in [0.5, 0.6) is 5.75 Å². The molecule has 1 aromatic carbocycles. The van der Waals surface area contributed by atoms with Gasteiger partial charge in [0.05, 0.1) is 6.61 Å². The fraction of sp³-hybridized carbons (Fsp3) is 0.421. The number of ether oxygens (including phenoxy) is 1. The molecule has 24 heavy (non-hydrogen) atoms. The zero-order valence-corrected chi connectivity index (χ0v) is 13.6. The zero-order valence-electron chi connectivity index (χ0n) is 13.6. The molecule has 0 atom stereocenters. The van der Waals surface area contributed by atoms with E-state index in [1.165, 1.54) is 6.20 Å². The normalized spacial score (nSPS) is 18.2. The number of allylic oxidation sites excluding steroid dienone is 1. The second-order valence-electron chi connectivity index (χ2n) is 6.36. The molecule has 0 bridgehead atoms. The number of fused-ring (bicyclic) bond motifs is 1. The molecule has 0 aliphatic heterocycles. The van der Waals surface area contributed by atoms with E-state index in [2.05, 4.69) is 4.98 Å². The molecule has 5 heteroatoms. The van der Waals surface area contributed by atoms with Gasteiger partial charge in [-0.15, -0.1) is 0 Å². The van der Waals surface area contributed by atoms with E-state index in [9.17, 15) is 8.78 Å². The maximum atomic E-state index is 13.2. The lowest BCUT2D eigenvalue weighted by atomic mass is 9.87. The number of alkyl halides is 2. The number of nitrogens with zero attached hydrogens (tertiary/aromatic N) is 1. The summed E-state index contributed by atoms with van der Waals surface area (Å²) in [5, 5.41) is 1.03. The van der Waals surface area contributed by atoms with E-state index in [0.717, 1.165) is 22.9 Å². The molecule has 0 amide bonds. The number of hydrogen-bond acceptors (Lipinski definition) is 3. The van der Waals surface area contributed by atoms with Crippen LogP contribution in [0.2, 0.25) is 0 Å².